The van der Waals surface area contributed by atoms with Crippen LogP contribution in [0.4, 0.5) is 0 Å². The van der Waals surface area contributed by atoms with Gasteiger partial charge in [0.2, 0.25) is 0 Å². The average molecular weight is 209 g/mol. The molecule has 1 rings (SSSR count). The predicted molar refractivity (Wildman–Crippen MR) is 56.1 cm³/mol. The van der Waals surface area contributed by atoms with Crippen molar-refractivity contribution in [1.82, 2.24) is 15.0 Å². The lowest BCUT2D eigenvalue weighted by Gasteiger charge is -2.18. The lowest BCUT2D eigenvalue weighted by atomic mass is 9.86. The molecule has 0 atom stereocenters. The minimum atomic E-state index is -0.923. The minimum absolute atomic E-state index is 0.322. The Morgan fingerprint density at radius 1 is 1.53 bits per heavy atom. The summed E-state index contributed by atoms with van der Waals surface area (Å²) >= 11 is 0. The number of aryl methyl sites for hydroxylation is 1. The van der Waals surface area contributed by atoms with Crippen molar-refractivity contribution in [1.29, 1.82) is 0 Å². The number of hydrogen-bond acceptors (Lipinski definition) is 3. The number of aromatic nitrogens is 3. The maximum atomic E-state index is 11.0. The highest BCUT2D eigenvalue weighted by Gasteiger charge is 2.23. The van der Waals surface area contributed by atoms with E-state index in [9.17, 15) is 4.79 Å². The third kappa shape index (κ3) is 2.90. The van der Waals surface area contributed by atoms with Crippen LogP contribution in [0.3, 0.4) is 0 Å². The van der Waals surface area contributed by atoms with Gasteiger partial charge in [0.05, 0.1) is 6.20 Å². The lowest BCUT2D eigenvalue weighted by Crippen LogP contribution is -2.17. The number of aliphatic carboxylic acids is 1. The van der Waals surface area contributed by atoms with Crippen LogP contribution in [0.1, 0.15) is 26.5 Å². The molecular formula is C10H15N3O2. The molecule has 5 nitrogen and oxygen atoms in total. The van der Waals surface area contributed by atoms with E-state index in [1.165, 1.54) is 4.68 Å². The van der Waals surface area contributed by atoms with E-state index < -0.39 is 11.4 Å². The molecule has 0 unspecified atom stereocenters. The van der Waals surface area contributed by atoms with Gasteiger partial charge in [-0.1, -0.05) is 26.0 Å². The first-order valence-electron chi connectivity index (χ1n) is 4.62. The van der Waals surface area contributed by atoms with Crippen LogP contribution in [0.15, 0.2) is 11.8 Å². The van der Waals surface area contributed by atoms with Gasteiger partial charge in [-0.25, -0.2) is 4.79 Å². The second-order valence-corrected chi connectivity index (χ2v) is 4.43. The van der Waals surface area contributed by atoms with Crippen LogP contribution in [0.2, 0.25) is 0 Å². The normalized spacial score (nSPS) is 12.9. The summed E-state index contributed by atoms with van der Waals surface area (Å²) in [6, 6.07) is 0. The Morgan fingerprint density at radius 2 is 2.13 bits per heavy atom. The number of carbonyl (C=O) groups is 1. The highest BCUT2D eigenvalue weighted by molar-refractivity contribution is 5.93. The van der Waals surface area contributed by atoms with Gasteiger partial charge in [-0.2, -0.15) is 0 Å². The summed E-state index contributed by atoms with van der Waals surface area (Å²) in [5.74, 6) is -0.923. The zero-order valence-electron chi connectivity index (χ0n) is 9.35. The monoisotopic (exact) mass is 209 g/mol. The number of hydrogen-bond donors (Lipinski definition) is 1. The van der Waals surface area contributed by atoms with Crippen molar-refractivity contribution in [2.45, 2.75) is 20.8 Å². The minimum Gasteiger partial charge on any atom is -0.478 e. The second-order valence-electron chi connectivity index (χ2n) is 4.43. The summed E-state index contributed by atoms with van der Waals surface area (Å²) in [6.45, 7) is 5.55. The van der Waals surface area contributed by atoms with E-state index in [2.05, 4.69) is 10.3 Å². The molecule has 0 aliphatic rings. The molecule has 1 aromatic rings. The molecule has 0 radical (unpaired) electrons. The summed E-state index contributed by atoms with van der Waals surface area (Å²) in [5.41, 5.74) is 0.469. The second kappa shape index (κ2) is 3.84. The molecule has 1 aromatic heterocycles. The van der Waals surface area contributed by atoms with Crippen LogP contribution in [-0.4, -0.2) is 26.1 Å². The first-order valence-corrected chi connectivity index (χ1v) is 4.62. The van der Waals surface area contributed by atoms with E-state index in [1.807, 2.05) is 20.8 Å². The third-order valence-electron chi connectivity index (χ3n) is 1.95. The smallest absolute Gasteiger partial charge is 0.332 e. The predicted octanol–water partition coefficient (Wildman–Crippen LogP) is 1.33. The van der Waals surface area contributed by atoms with Gasteiger partial charge in [-0.3, -0.25) is 4.68 Å². The van der Waals surface area contributed by atoms with Crippen LogP contribution in [0, 0.1) is 5.41 Å². The highest BCUT2D eigenvalue weighted by Crippen LogP contribution is 2.26. The standard InChI is InChI=1S/C10H15N3O2/c1-10(2,3)8(9(14)15)5-7-6-13(4)12-11-7/h5-6H,1-4H3,(H,14,15)/b8-5-. The fourth-order valence-corrected chi connectivity index (χ4v) is 1.18. The van der Waals surface area contributed by atoms with Crippen molar-refractivity contribution in [3.05, 3.63) is 17.5 Å². The molecule has 0 aliphatic carbocycles. The molecule has 0 amide bonds. The van der Waals surface area contributed by atoms with Crippen molar-refractivity contribution in [3.8, 4) is 0 Å². The zero-order valence-corrected chi connectivity index (χ0v) is 9.35. The van der Waals surface area contributed by atoms with Crippen molar-refractivity contribution in [2.75, 3.05) is 0 Å². The van der Waals surface area contributed by atoms with E-state index in [0.29, 0.717) is 11.3 Å². The zero-order chi connectivity index (χ0) is 11.6. The van der Waals surface area contributed by atoms with Crippen LogP contribution in [-0.2, 0) is 11.8 Å². The van der Waals surface area contributed by atoms with Crippen LogP contribution >= 0.6 is 0 Å². The molecule has 0 aromatic carbocycles. The summed E-state index contributed by atoms with van der Waals surface area (Å²) in [6.07, 6.45) is 3.23. The Bertz CT molecular complexity index is 399. The Hall–Kier alpha value is -1.65. The molecular weight excluding hydrogens is 194 g/mol. The quantitative estimate of drug-likeness (QED) is 0.746. The fraction of sp³-hybridized carbons (Fsp3) is 0.500. The lowest BCUT2D eigenvalue weighted by molar-refractivity contribution is -0.133. The van der Waals surface area contributed by atoms with Crippen molar-refractivity contribution >= 4 is 12.0 Å². The molecule has 0 saturated heterocycles. The Kier molecular flexibility index (Phi) is 2.93. The van der Waals surface area contributed by atoms with Gasteiger partial charge in [-0.15, -0.1) is 5.10 Å². The SMILES string of the molecule is Cn1cc(/C=C(/C(=O)O)C(C)(C)C)nn1. The van der Waals surface area contributed by atoms with Gasteiger partial charge < -0.3 is 5.11 Å². The van der Waals surface area contributed by atoms with Crippen LogP contribution < -0.4 is 0 Å². The fourth-order valence-electron chi connectivity index (χ4n) is 1.18. The van der Waals surface area contributed by atoms with Crippen molar-refractivity contribution in [2.24, 2.45) is 12.5 Å². The molecule has 0 aliphatic heterocycles. The van der Waals surface area contributed by atoms with Gasteiger partial charge in [-0.05, 0) is 11.5 Å². The Labute approximate surface area is 88.4 Å². The van der Waals surface area contributed by atoms with E-state index in [0.717, 1.165) is 0 Å². The first kappa shape index (κ1) is 11.4. The molecule has 0 bridgehead atoms. The Morgan fingerprint density at radius 3 is 2.47 bits per heavy atom. The van der Waals surface area contributed by atoms with E-state index >= 15 is 0 Å². The van der Waals surface area contributed by atoms with Gasteiger partial charge in [0, 0.05) is 12.6 Å². The summed E-state index contributed by atoms with van der Waals surface area (Å²) in [5, 5.41) is 16.6. The molecule has 0 spiro atoms. The molecule has 1 N–H and O–H groups in total. The number of carboxylic acid groups (broad SMARTS) is 1. The van der Waals surface area contributed by atoms with Gasteiger partial charge in [0.15, 0.2) is 0 Å². The summed E-state index contributed by atoms with van der Waals surface area (Å²) in [4.78, 5) is 11.0. The number of carboxylic acids is 1. The topological polar surface area (TPSA) is 68.0 Å². The molecule has 0 saturated carbocycles. The summed E-state index contributed by atoms with van der Waals surface area (Å²) in [7, 11) is 1.74. The van der Waals surface area contributed by atoms with E-state index in [1.54, 1.807) is 19.3 Å². The number of rotatable bonds is 2. The van der Waals surface area contributed by atoms with Crippen LogP contribution in [0.25, 0.3) is 6.08 Å². The highest BCUT2D eigenvalue weighted by atomic mass is 16.4. The summed E-state index contributed by atoms with van der Waals surface area (Å²) < 4.78 is 1.54. The van der Waals surface area contributed by atoms with Crippen LogP contribution in [0.5, 0.6) is 0 Å². The van der Waals surface area contributed by atoms with Crippen molar-refractivity contribution < 1.29 is 9.90 Å². The van der Waals surface area contributed by atoms with E-state index in [4.69, 9.17) is 5.11 Å². The van der Waals surface area contributed by atoms with E-state index in [-0.39, 0.29) is 0 Å². The molecule has 5 heteroatoms. The maximum Gasteiger partial charge on any atom is 0.332 e. The molecule has 15 heavy (non-hydrogen) atoms. The molecule has 82 valence electrons. The average Bonchev–Trinajstić information content (AvgIpc) is 2.44. The Balaban J connectivity index is 3.10. The first-order chi connectivity index (χ1) is 6.80. The van der Waals surface area contributed by atoms with Crippen molar-refractivity contribution in [3.63, 3.8) is 0 Å². The van der Waals surface area contributed by atoms with Gasteiger partial charge in [0.25, 0.3) is 0 Å². The molecule has 1 heterocycles. The van der Waals surface area contributed by atoms with Gasteiger partial charge in [0.1, 0.15) is 5.69 Å². The number of nitrogens with zero attached hydrogens (tertiary/aromatic N) is 3. The maximum absolute atomic E-state index is 11.0. The van der Waals surface area contributed by atoms with Gasteiger partial charge >= 0.3 is 5.97 Å². The third-order valence-corrected chi connectivity index (χ3v) is 1.95. The largest absolute Gasteiger partial charge is 0.478 e. The molecule has 0 fully saturated rings.